The third kappa shape index (κ3) is 3.42. The number of sulfone groups is 1. The van der Waals surface area contributed by atoms with Crippen molar-refractivity contribution in [2.24, 2.45) is 5.73 Å². The van der Waals surface area contributed by atoms with E-state index in [9.17, 15) is 8.42 Å². The summed E-state index contributed by atoms with van der Waals surface area (Å²) >= 11 is 0. The van der Waals surface area contributed by atoms with Crippen molar-refractivity contribution in [3.63, 3.8) is 0 Å². The maximum Gasteiger partial charge on any atom is 0.154 e. The Morgan fingerprint density at radius 2 is 1.93 bits per heavy atom. The molecule has 0 bridgehead atoms. The molecule has 0 radical (unpaired) electrons. The van der Waals surface area contributed by atoms with E-state index in [1.807, 2.05) is 6.92 Å². The average Bonchev–Trinajstić information content (AvgIpc) is 1.97. The van der Waals surface area contributed by atoms with Crippen LogP contribution in [0.3, 0.4) is 0 Å². The molecule has 0 fully saturated rings. The molecule has 0 rings (SSSR count). The Kier molecular flexibility index (Phi) is 4.34. The molecule has 0 saturated carbocycles. The maximum atomic E-state index is 11.4. The fourth-order valence-corrected chi connectivity index (χ4v) is 1.69. The van der Waals surface area contributed by atoms with Crippen molar-refractivity contribution in [2.75, 3.05) is 6.26 Å². The van der Waals surface area contributed by atoms with Crippen LogP contribution in [0.1, 0.15) is 33.6 Å². The average molecular weight is 219 g/mol. The largest absolute Gasteiger partial charge is 0.326 e. The van der Waals surface area contributed by atoms with Gasteiger partial charge in [-0.3, -0.25) is 0 Å². The van der Waals surface area contributed by atoms with Crippen molar-refractivity contribution in [2.45, 2.75) is 44.4 Å². The molecule has 0 spiro atoms. The van der Waals surface area contributed by atoms with Gasteiger partial charge in [0, 0.05) is 12.3 Å². The van der Waals surface area contributed by atoms with Crippen LogP contribution < -0.4 is 5.73 Å². The highest BCUT2D eigenvalue weighted by atomic mass is 32.2. The monoisotopic (exact) mass is 219 g/mol. The van der Waals surface area contributed by atoms with Crippen molar-refractivity contribution in [1.29, 1.82) is 0 Å². The molecule has 1 atom stereocenters. The lowest BCUT2D eigenvalue weighted by Crippen LogP contribution is -2.48. The molecular weight excluding hydrogens is 198 g/mol. The molecule has 1 unspecified atom stereocenters. The molecule has 0 aliphatic heterocycles. The van der Waals surface area contributed by atoms with Crippen LogP contribution >= 0.6 is 0 Å². The molecule has 0 amide bonds. The molecule has 0 aromatic rings. The van der Waals surface area contributed by atoms with Crippen LogP contribution in [0.2, 0.25) is 0 Å². The van der Waals surface area contributed by atoms with Gasteiger partial charge >= 0.3 is 0 Å². The quantitative estimate of drug-likeness (QED) is 0.713. The summed E-state index contributed by atoms with van der Waals surface area (Å²) in [5, 5.41) is 0. The van der Waals surface area contributed by atoms with Crippen molar-refractivity contribution < 1.29 is 8.42 Å². The summed E-state index contributed by atoms with van der Waals surface area (Å²) in [6, 6.07) is -0.339. The molecule has 0 heterocycles. The van der Waals surface area contributed by atoms with Gasteiger partial charge in [-0.15, -0.1) is 6.58 Å². The van der Waals surface area contributed by atoms with Crippen LogP contribution in [0, 0.1) is 0 Å². The second-order valence-corrected chi connectivity index (χ2v) is 7.07. The number of rotatable bonds is 5. The van der Waals surface area contributed by atoms with Crippen LogP contribution in [0.25, 0.3) is 0 Å². The summed E-state index contributed by atoms with van der Waals surface area (Å²) < 4.78 is 22.0. The van der Waals surface area contributed by atoms with Crippen molar-refractivity contribution >= 4 is 9.84 Å². The fraction of sp³-hybridized carbons (Fsp3) is 0.800. The molecule has 0 aromatic carbocycles. The molecule has 84 valence electrons. The molecule has 0 saturated heterocycles. The molecular formula is C10H21NO2S. The zero-order valence-corrected chi connectivity index (χ0v) is 10.3. The first kappa shape index (κ1) is 13.7. The highest BCUT2D eigenvalue weighted by molar-refractivity contribution is 7.92. The fourth-order valence-electron chi connectivity index (χ4n) is 1.02. The zero-order valence-electron chi connectivity index (χ0n) is 9.50. The summed E-state index contributed by atoms with van der Waals surface area (Å²) in [5.41, 5.74) is 6.90. The van der Waals surface area contributed by atoms with E-state index in [0.29, 0.717) is 6.42 Å². The van der Waals surface area contributed by atoms with Crippen LogP contribution in [0.4, 0.5) is 0 Å². The predicted molar refractivity (Wildman–Crippen MR) is 60.9 cm³/mol. The van der Waals surface area contributed by atoms with Gasteiger partial charge in [0.1, 0.15) is 0 Å². The Morgan fingerprint density at radius 1 is 1.50 bits per heavy atom. The minimum atomic E-state index is -3.10. The maximum absolute atomic E-state index is 11.4. The van der Waals surface area contributed by atoms with Crippen LogP contribution in [0.15, 0.2) is 12.2 Å². The highest BCUT2D eigenvalue weighted by Crippen LogP contribution is 2.22. The second kappa shape index (κ2) is 4.45. The van der Waals surface area contributed by atoms with Gasteiger partial charge in [0.05, 0.1) is 4.75 Å². The van der Waals surface area contributed by atoms with Crippen LogP contribution in [-0.4, -0.2) is 25.5 Å². The second-order valence-electron chi connectivity index (χ2n) is 4.48. The topological polar surface area (TPSA) is 60.2 Å². The number of hydrogen-bond donors (Lipinski definition) is 1. The predicted octanol–water partition coefficient (Wildman–Crippen LogP) is 1.49. The number of hydrogen-bond acceptors (Lipinski definition) is 3. The van der Waals surface area contributed by atoms with Gasteiger partial charge in [0.25, 0.3) is 0 Å². The van der Waals surface area contributed by atoms with Gasteiger partial charge < -0.3 is 5.73 Å². The first-order valence-corrected chi connectivity index (χ1v) is 6.57. The lowest BCUT2D eigenvalue weighted by Gasteiger charge is -2.29. The summed E-state index contributed by atoms with van der Waals surface area (Å²) in [7, 11) is -3.10. The lowest BCUT2D eigenvalue weighted by molar-refractivity contribution is 0.463. The van der Waals surface area contributed by atoms with E-state index in [4.69, 9.17) is 5.73 Å². The van der Waals surface area contributed by atoms with Gasteiger partial charge in [-0.25, -0.2) is 8.42 Å². The van der Waals surface area contributed by atoms with Crippen molar-refractivity contribution in [3.05, 3.63) is 12.2 Å². The minimum Gasteiger partial charge on any atom is -0.326 e. The zero-order chi connectivity index (χ0) is 11.6. The molecule has 0 aliphatic rings. The minimum absolute atomic E-state index is 0.339. The highest BCUT2D eigenvalue weighted by Gasteiger charge is 2.36. The third-order valence-electron chi connectivity index (χ3n) is 2.73. The van der Waals surface area contributed by atoms with Gasteiger partial charge in [-0.05, 0) is 33.6 Å². The van der Waals surface area contributed by atoms with Crippen molar-refractivity contribution in [1.82, 2.24) is 0 Å². The van der Waals surface area contributed by atoms with Crippen molar-refractivity contribution in [3.8, 4) is 0 Å². The first-order valence-electron chi connectivity index (χ1n) is 4.68. The van der Waals surface area contributed by atoms with Gasteiger partial charge in [-0.2, -0.15) is 0 Å². The van der Waals surface area contributed by atoms with E-state index in [0.717, 1.165) is 12.0 Å². The summed E-state index contributed by atoms with van der Waals surface area (Å²) in [6.07, 6.45) is 2.67. The van der Waals surface area contributed by atoms with Gasteiger partial charge in [0.2, 0.25) is 0 Å². The first-order chi connectivity index (χ1) is 6.09. The Hall–Kier alpha value is -0.350. The van der Waals surface area contributed by atoms with Crippen LogP contribution in [-0.2, 0) is 9.84 Å². The number of allylic oxidation sites excluding steroid dienone is 1. The molecule has 0 aliphatic carbocycles. The van der Waals surface area contributed by atoms with E-state index in [1.54, 1.807) is 13.8 Å². The smallest absolute Gasteiger partial charge is 0.154 e. The Morgan fingerprint density at radius 3 is 2.21 bits per heavy atom. The van der Waals surface area contributed by atoms with E-state index in [1.165, 1.54) is 6.26 Å². The number of nitrogens with two attached hydrogens (primary N) is 1. The van der Waals surface area contributed by atoms with Gasteiger partial charge in [-0.1, -0.05) is 5.57 Å². The van der Waals surface area contributed by atoms with E-state index in [-0.39, 0.29) is 6.04 Å². The summed E-state index contributed by atoms with van der Waals surface area (Å²) in [6.45, 7) is 9.03. The molecule has 4 heteroatoms. The Labute approximate surface area is 87.3 Å². The molecule has 2 N–H and O–H groups in total. The third-order valence-corrected chi connectivity index (χ3v) is 4.94. The molecule has 0 aromatic heterocycles. The SMILES string of the molecule is C=C(C)CCC(N)C(C)(C)S(C)(=O)=O. The van der Waals surface area contributed by atoms with Gasteiger partial charge in [0.15, 0.2) is 9.84 Å². The normalized spacial score (nSPS) is 15.2. The summed E-state index contributed by atoms with van der Waals surface area (Å²) in [5.74, 6) is 0. The lowest BCUT2D eigenvalue weighted by atomic mass is 9.97. The summed E-state index contributed by atoms with van der Waals surface area (Å²) in [4.78, 5) is 0. The van der Waals surface area contributed by atoms with E-state index in [2.05, 4.69) is 6.58 Å². The standard InChI is InChI=1S/C10H21NO2S/c1-8(2)6-7-9(11)10(3,4)14(5,12)13/h9H,1,6-7,11H2,2-5H3. The molecule has 14 heavy (non-hydrogen) atoms. The van der Waals surface area contributed by atoms with E-state index < -0.39 is 14.6 Å². The Balaban J connectivity index is 4.52. The van der Waals surface area contributed by atoms with E-state index >= 15 is 0 Å². The van der Waals surface area contributed by atoms with Crippen LogP contribution in [0.5, 0.6) is 0 Å². The Bertz CT molecular complexity index is 304. The molecule has 3 nitrogen and oxygen atoms in total.